The highest BCUT2D eigenvalue weighted by molar-refractivity contribution is 7.89. The number of thiazole rings is 1. The van der Waals surface area contributed by atoms with Crippen molar-refractivity contribution in [2.45, 2.75) is 43.5 Å². The van der Waals surface area contributed by atoms with Crippen LogP contribution in [-0.2, 0) is 21.4 Å². The van der Waals surface area contributed by atoms with E-state index < -0.39 is 15.8 Å². The molecule has 0 unspecified atom stereocenters. The summed E-state index contributed by atoms with van der Waals surface area (Å²) < 4.78 is 42.9. The Morgan fingerprint density at radius 2 is 1.81 bits per heavy atom. The maximum Gasteiger partial charge on any atom is 0.308 e. The fourth-order valence-electron chi connectivity index (χ4n) is 3.85. The van der Waals surface area contributed by atoms with Crippen LogP contribution in [0, 0.1) is 5.82 Å². The third-order valence-electron chi connectivity index (χ3n) is 5.51. The quantitative estimate of drug-likeness (QED) is 0.585. The molecule has 4 rings (SSSR count). The maximum absolute atomic E-state index is 13.3. The Balaban J connectivity index is 1.51. The number of hydrogen-bond acceptors (Lipinski definition) is 5. The first-order valence-corrected chi connectivity index (χ1v) is 12.8. The molecule has 1 aromatic heterocycles. The van der Waals surface area contributed by atoms with E-state index in [1.807, 2.05) is 0 Å². The summed E-state index contributed by atoms with van der Waals surface area (Å²) in [6, 6.07) is 10.3. The van der Waals surface area contributed by atoms with Gasteiger partial charge in [-0.25, -0.2) is 12.8 Å². The Morgan fingerprint density at radius 3 is 2.53 bits per heavy atom. The topological polar surface area (TPSA) is 88.5 Å². The van der Waals surface area contributed by atoms with Gasteiger partial charge in [-0.3, -0.25) is 14.2 Å². The number of benzene rings is 2. The van der Waals surface area contributed by atoms with Gasteiger partial charge in [0, 0.05) is 31.7 Å². The van der Waals surface area contributed by atoms with Crippen LogP contribution < -0.4 is 10.2 Å². The molecule has 10 heteroatoms. The summed E-state index contributed by atoms with van der Waals surface area (Å²) in [6.45, 7) is 1.16. The van der Waals surface area contributed by atoms with E-state index in [1.165, 1.54) is 33.1 Å². The molecular formula is C22H24FN3O4S2. The molecule has 7 nitrogen and oxygen atoms in total. The van der Waals surface area contributed by atoms with Crippen molar-refractivity contribution >= 4 is 43.2 Å². The van der Waals surface area contributed by atoms with Gasteiger partial charge in [-0.05, 0) is 49.2 Å². The predicted octanol–water partition coefficient (Wildman–Crippen LogP) is 3.80. The summed E-state index contributed by atoms with van der Waals surface area (Å²) in [4.78, 5) is 24.7. The number of aromatic nitrogens is 1. The molecule has 1 aliphatic heterocycles. The summed E-state index contributed by atoms with van der Waals surface area (Å²) in [6.07, 6.45) is 3.78. The van der Waals surface area contributed by atoms with Crippen LogP contribution in [0.4, 0.5) is 10.1 Å². The lowest BCUT2D eigenvalue weighted by molar-refractivity contribution is -0.116. The Kier molecular flexibility index (Phi) is 6.73. The zero-order valence-electron chi connectivity index (χ0n) is 17.4. The van der Waals surface area contributed by atoms with Crippen LogP contribution in [0.25, 0.3) is 10.2 Å². The fourth-order valence-corrected chi connectivity index (χ4v) is 6.43. The lowest BCUT2D eigenvalue weighted by atomic mass is 10.2. The molecule has 2 aromatic carbocycles. The molecule has 32 heavy (non-hydrogen) atoms. The van der Waals surface area contributed by atoms with Crippen molar-refractivity contribution in [2.75, 3.05) is 18.4 Å². The second kappa shape index (κ2) is 9.51. The Bertz CT molecular complexity index is 1290. The van der Waals surface area contributed by atoms with E-state index in [0.717, 1.165) is 37.0 Å². The third-order valence-corrected chi connectivity index (χ3v) is 8.35. The van der Waals surface area contributed by atoms with E-state index >= 15 is 0 Å². The van der Waals surface area contributed by atoms with Gasteiger partial charge in [-0.2, -0.15) is 4.31 Å². The number of fused-ring (bicyclic) bond motifs is 1. The Labute approximate surface area is 189 Å². The van der Waals surface area contributed by atoms with Crippen molar-refractivity contribution in [1.82, 2.24) is 8.87 Å². The average Bonchev–Trinajstić information content (AvgIpc) is 2.91. The molecule has 3 aromatic rings. The van der Waals surface area contributed by atoms with Gasteiger partial charge in [0.2, 0.25) is 15.9 Å². The van der Waals surface area contributed by atoms with E-state index in [4.69, 9.17) is 0 Å². The van der Waals surface area contributed by atoms with E-state index in [0.29, 0.717) is 29.0 Å². The highest BCUT2D eigenvalue weighted by Gasteiger charge is 2.26. The summed E-state index contributed by atoms with van der Waals surface area (Å²) >= 11 is 0.961. The second-order valence-corrected chi connectivity index (χ2v) is 10.7. The standard InChI is InChI=1S/C22H24FN3O4S2/c23-16-6-5-7-17(14-16)24-21(27)10-13-26-19-9-8-18(15-20(19)31-22(26)28)32(29,30)25-11-3-1-2-4-12-25/h5-9,14-15H,1-4,10-13H2,(H,24,27). The summed E-state index contributed by atoms with van der Waals surface area (Å²) in [5.74, 6) is -0.795. The van der Waals surface area contributed by atoms with Crippen LogP contribution in [0.1, 0.15) is 32.1 Å². The fraction of sp³-hybridized carbons (Fsp3) is 0.364. The largest absolute Gasteiger partial charge is 0.326 e. The van der Waals surface area contributed by atoms with Gasteiger partial charge >= 0.3 is 4.87 Å². The van der Waals surface area contributed by atoms with E-state index in [2.05, 4.69) is 5.32 Å². The van der Waals surface area contributed by atoms with Crippen LogP contribution in [0.15, 0.2) is 52.2 Å². The van der Waals surface area contributed by atoms with Crippen molar-refractivity contribution in [1.29, 1.82) is 0 Å². The molecule has 1 amide bonds. The van der Waals surface area contributed by atoms with Gasteiger partial charge in [-0.1, -0.05) is 30.2 Å². The third kappa shape index (κ3) is 4.92. The molecule has 0 aliphatic carbocycles. The number of aryl methyl sites for hydroxylation is 1. The molecule has 2 heterocycles. The Hall–Kier alpha value is -2.56. The average molecular weight is 478 g/mol. The van der Waals surface area contributed by atoms with Gasteiger partial charge < -0.3 is 5.32 Å². The van der Waals surface area contributed by atoms with Crippen LogP contribution >= 0.6 is 11.3 Å². The molecule has 1 fully saturated rings. The molecule has 0 saturated carbocycles. The zero-order chi connectivity index (χ0) is 22.7. The first kappa shape index (κ1) is 22.6. The molecule has 1 N–H and O–H groups in total. The first-order valence-electron chi connectivity index (χ1n) is 10.5. The number of nitrogens with zero attached hydrogens (tertiary/aromatic N) is 2. The minimum Gasteiger partial charge on any atom is -0.326 e. The number of sulfonamides is 1. The SMILES string of the molecule is O=C(CCn1c(=O)sc2cc(S(=O)(=O)N3CCCCCC3)ccc21)Nc1cccc(F)c1. The number of rotatable bonds is 6. The predicted molar refractivity (Wildman–Crippen MR) is 123 cm³/mol. The molecule has 0 radical (unpaired) electrons. The summed E-state index contributed by atoms with van der Waals surface area (Å²) in [5.41, 5.74) is 0.939. The van der Waals surface area contributed by atoms with Crippen molar-refractivity contribution in [3.63, 3.8) is 0 Å². The molecule has 0 bridgehead atoms. The zero-order valence-corrected chi connectivity index (χ0v) is 19.1. The van der Waals surface area contributed by atoms with Crippen molar-refractivity contribution < 1.29 is 17.6 Å². The smallest absolute Gasteiger partial charge is 0.308 e. The van der Waals surface area contributed by atoms with E-state index in [9.17, 15) is 22.4 Å². The molecule has 0 atom stereocenters. The molecule has 1 saturated heterocycles. The number of halogens is 1. The second-order valence-electron chi connectivity index (χ2n) is 7.78. The number of carbonyl (C=O) groups excluding carboxylic acids is 1. The van der Waals surface area contributed by atoms with Gasteiger partial charge in [-0.15, -0.1) is 0 Å². The molecule has 1 aliphatic rings. The molecule has 170 valence electrons. The minimum absolute atomic E-state index is 0.0239. The summed E-state index contributed by atoms with van der Waals surface area (Å²) in [7, 11) is -3.61. The van der Waals surface area contributed by atoms with Gasteiger partial charge in [0.05, 0.1) is 15.1 Å². The molecule has 0 spiro atoms. The van der Waals surface area contributed by atoms with Crippen molar-refractivity contribution in [3.8, 4) is 0 Å². The van der Waals surface area contributed by atoms with Gasteiger partial charge in [0.1, 0.15) is 5.82 Å². The number of hydrogen-bond donors (Lipinski definition) is 1. The number of anilines is 1. The highest BCUT2D eigenvalue weighted by atomic mass is 32.2. The van der Waals surface area contributed by atoms with Crippen molar-refractivity contribution in [2.24, 2.45) is 0 Å². The lowest BCUT2D eigenvalue weighted by Gasteiger charge is -2.19. The normalized spacial score (nSPS) is 15.5. The number of carbonyl (C=O) groups is 1. The monoisotopic (exact) mass is 477 g/mol. The van der Waals surface area contributed by atoms with Crippen LogP contribution in [0.5, 0.6) is 0 Å². The van der Waals surface area contributed by atoms with E-state index in [-0.39, 0.29) is 28.6 Å². The van der Waals surface area contributed by atoms with Crippen LogP contribution in [0.3, 0.4) is 0 Å². The van der Waals surface area contributed by atoms with E-state index in [1.54, 1.807) is 18.2 Å². The highest BCUT2D eigenvalue weighted by Crippen LogP contribution is 2.26. The lowest BCUT2D eigenvalue weighted by Crippen LogP contribution is -2.31. The maximum atomic E-state index is 13.3. The van der Waals surface area contributed by atoms with Gasteiger partial charge in [0.15, 0.2) is 0 Å². The number of nitrogens with one attached hydrogen (secondary N) is 1. The van der Waals surface area contributed by atoms with Crippen molar-refractivity contribution in [3.05, 3.63) is 57.9 Å². The number of amides is 1. The van der Waals surface area contributed by atoms with Crippen LogP contribution in [0.2, 0.25) is 0 Å². The van der Waals surface area contributed by atoms with Crippen LogP contribution in [-0.4, -0.2) is 36.3 Å². The minimum atomic E-state index is -3.61. The van der Waals surface area contributed by atoms with Gasteiger partial charge in [0.25, 0.3) is 0 Å². The summed E-state index contributed by atoms with van der Waals surface area (Å²) in [5, 5.41) is 2.61. The Morgan fingerprint density at radius 1 is 1.06 bits per heavy atom. The molecular weight excluding hydrogens is 453 g/mol. The first-order chi connectivity index (χ1) is 15.3.